The number of benzene rings is 5. The van der Waals surface area contributed by atoms with E-state index >= 15 is 0 Å². The third-order valence-electron chi connectivity index (χ3n) is 7.38. The van der Waals surface area contributed by atoms with E-state index < -0.39 is 10.1 Å². The minimum absolute atomic E-state index is 0.0487. The third kappa shape index (κ3) is 5.70. The smallest absolute Gasteiger partial charge is 0.339 e. The van der Waals surface area contributed by atoms with Crippen LogP contribution in [0.4, 0.5) is 11.4 Å². The van der Waals surface area contributed by atoms with Crippen molar-refractivity contribution in [1.29, 1.82) is 5.41 Å². The quantitative estimate of drug-likeness (QED) is 0.0720. The number of fused-ring (bicyclic) bond motifs is 2. The minimum atomic E-state index is -4.10. The number of hydrogen-bond acceptors (Lipinski definition) is 6. The van der Waals surface area contributed by atoms with Gasteiger partial charge in [-0.05, 0) is 83.9 Å². The van der Waals surface area contributed by atoms with E-state index in [9.17, 15) is 13.2 Å². The van der Waals surface area contributed by atoms with Crippen LogP contribution in [0.2, 0.25) is 0 Å². The molecule has 0 atom stereocenters. The summed E-state index contributed by atoms with van der Waals surface area (Å²) in [5, 5.41) is 13.3. The van der Waals surface area contributed by atoms with Gasteiger partial charge in [-0.1, -0.05) is 54.1 Å². The van der Waals surface area contributed by atoms with Crippen molar-refractivity contribution in [2.75, 3.05) is 11.1 Å². The molecule has 0 aliphatic carbocycles. The molecule has 1 heterocycles. The number of anilines is 2. The van der Waals surface area contributed by atoms with Crippen molar-refractivity contribution >= 4 is 54.9 Å². The van der Waals surface area contributed by atoms with E-state index in [0.29, 0.717) is 28.1 Å². The van der Waals surface area contributed by atoms with E-state index in [1.165, 1.54) is 12.1 Å². The maximum atomic E-state index is 13.7. The summed E-state index contributed by atoms with van der Waals surface area (Å²) in [4.78, 5) is 13.7. The van der Waals surface area contributed by atoms with Gasteiger partial charge in [0.1, 0.15) is 22.2 Å². The Balaban J connectivity index is 1.46. The van der Waals surface area contributed by atoms with Crippen LogP contribution in [0, 0.1) is 12.3 Å². The lowest BCUT2D eigenvalue weighted by molar-refractivity contribution is 0.101. The summed E-state index contributed by atoms with van der Waals surface area (Å²) in [5.41, 5.74) is 16.0. The average Bonchev–Trinajstić information content (AvgIpc) is 3.36. The van der Waals surface area contributed by atoms with Crippen LogP contribution in [0.25, 0.3) is 21.7 Å². The lowest BCUT2D eigenvalue weighted by atomic mass is 10.0. The van der Waals surface area contributed by atoms with E-state index in [0.717, 1.165) is 27.3 Å². The second-order valence-electron chi connectivity index (χ2n) is 10.5. The fourth-order valence-electron chi connectivity index (χ4n) is 5.13. The Kier molecular flexibility index (Phi) is 7.28. The van der Waals surface area contributed by atoms with Gasteiger partial charge in [0, 0.05) is 34.4 Å². The molecule has 0 unspecified atom stereocenters. The lowest BCUT2D eigenvalue weighted by Gasteiger charge is -2.16. The molecular weight excluding hydrogens is 574 g/mol. The zero-order valence-electron chi connectivity index (χ0n) is 23.7. The van der Waals surface area contributed by atoms with Crippen LogP contribution in [0.5, 0.6) is 5.75 Å². The third-order valence-corrected chi connectivity index (χ3v) is 8.64. The minimum Gasteiger partial charge on any atom is -0.399 e. The van der Waals surface area contributed by atoms with Crippen LogP contribution < -0.4 is 21.0 Å². The summed E-state index contributed by atoms with van der Waals surface area (Å²) >= 11 is 0. The number of carbonyl (C=O) groups is 1. The van der Waals surface area contributed by atoms with Crippen LogP contribution in [0.15, 0.2) is 114 Å². The highest BCUT2D eigenvalue weighted by Gasteiger charge is 2.21. The Morgan fingerprint density at radius 2 is 1.61 bits per heavy atom. The molecule has 0 bridgehead atoms. The van der Waals surface area contributed by atoms with Gasteiger partial charge in [-0.3, -0.25) is 10.2 Å². The van der Waals surface area contributed by atoms with Gasteiger partial charge in [0.05, 0.1) is 0 Å². The Bertz CT molecular complexity index is 2170. The first-order chi connectivity index (χ1) is 21.1. The maximum absolute atomic E-state index is 13.7. The molecule has 44 heavy (non-hydrogen) atoms. The summed E-state index contributed by atoms with van der Waals surface area (Å²) in [6.07, 6.45) is 0. The largest absolute Gasteiger partial charge is 0.399 e. The number of nitrogens with one attached hydrogen (secondary N) is 2. The molecule has 0 fully saturated rings. The van der Waals surface area contributed by atoms with Crippen molar-refractivity contribution in [3.05, 3.63) is 132 Å². The van der Waals surface area contributed by atoms with Crippen molar-refractivity contribution in [3.8, 4) is 5.75 Å². The van der Waals surface area contributed by atoms with Crippen molar-refractivity contribution in [1.82, 2.24) is 4.57 Å². The number of nitrogen functional groups attached to an aromatic ring is 2. The molecule has 220 valence electrons. The summed E-state index contributed by atoms with van der Waals surface area (Å²) in [6, 6.07) is 31.3. The second-order valence-corrected chi connectivity index (χ2v) is 12.1. The molecule has 1 aromatic heterocycles. The molecule has 6 rings (SSSR count). The van der Waals surface area contributed by atoms with Crippen molar-refractivity contribution in [2.45, 2.75) is 18.4 Å². The Labute approximate surface area is 254 Å². The van der Waals surface area contributed by atoms with E-state index in [-0.39, 0.29) is 28.9 Å². The average molecular weight is 604 g/mol. The SMILES string of the molecule is Cc1ccc(S(=O)(=O)Oc2cc(Cn3c(C(=O)Nc4ccc(N)cc4)cc4ccc(C(=N)N)cc43)c3ccccc3c2)cc1. The molecule has 0 saturated carbocycles. The second kappa shape index (κ2) is 11.2. The normalized spacial score (nSPS) is 11.5. The van der Waals surface area contributed by atoms with E-state index in [1.54, 1.807) is 66.7 Å². The maximum Gasteiger partial charge on any atom is 0.339 e. The molecule has 6 aromatic rings. The Morgan fingerprint density at radius 3 is 2.34 bits per heavy atom. The molecule has 5 aromatic carbocycles. The molecule has 1 amide bonds. The van der Waals surface area contributed by atoms with Crippen molar-refractivity contribution in [2.24, 2.45) is 5.73 Å². The van der Waals surface area contributed by atoms with Gasteiger partial charge in [0.25, 0.3) is 5.91 Å². The molecule has 0 radical (unpaired) electrons. The van der Waals surface area contributed by atoms with Gasteiger partial charge < -0.3 is 25.5 Å². The fraction of sp³-hybridized carbons (Fsp3) is 0.0588. The Morgan fingerprint density at radius 1 is 0.886 bits per heavy atom. The molecule has 9 nitrogen and oxygen atoms in total. The van der Waals surface area contributed by atoms with E-state index in [2.05, 4.69) is 5.32 Å². The lowest BCUT2D eigenvalue weighted by Crippen LogP contribution is -2.18. The predicted octanol–water partition coefficient (Wildman–Crippen LogP) is 6.04. The van der Waals surface area contributed by atoms with Gasteiger partial charge in [0.15, 0.2) is 0 Å². The van der Waals surface area contributed by atoms with Crippen LogP contribution in [0.1, 0.15) is 27.2 Å². The van der Waals surface area contributed by atoms with Crippen LogP contribution >= 0.6 is 0 Å². The standard InChI is InChI=1S/C34H29N5O4S/c1-21-6-14-29(15-7-21)44(41,42)43-28-16-22-4-2-3-5-30(22)25(17-28)20-39-31-19-24(33(36)37)9-8-23(31)18-32(39)34(40)38-27-12-10-26(35)11-13-27/h2-19H,20,35H2,1H3,(H3,36,37)(H,38,40). The topological polar surface area (TPSA) is 153 Å². The Hall–Kier alpha value is -5.61. The number of rotatable bonds is 8. The molecule has 0 aliphatic heterocycles. The fourth-order valence-corrected chi connectivity index (χ4v) is 6.05. The molecule has 0 aliphatic rings. The number of amidine groups is 1. The molecular formula is C34H29N5O4S. The van der Waals surface area contributed by atoms with Gasteiger partial charge >= 0.3 is 10.1 Å². The molecule has 10 heteroatoms. The summed E-state index contributed by atoms with van der Waals surface area (Å²) in [6.45, 7) is 2.07. The highest BCUT2D eigenvalue weighted by Crippen LogP contribution is 2.31. The molecule has 0 spiro atoms. The molecule has 6 N–H and O–H groups in total. The van der Waals surface area contributed by atoms with Gasteiger partial charge in [-0.15, -0.1) is 0 Å². The highest BCUT2D eigenvalue weighted by atomic mass is 32.2. The van der Waals surface area contributed by atoms with E-state index in [4.69, 9.17) is 21.1 Å². The first-order valence-corrected chi connectivity index (χ1v) is 15.2. The van der Waals surface area contributed by atoms with Crippen LogP contribution in [-0.2, 0) is 16.7 Å². The number of amides is 1. The number of nitrogens with zero attached hydrogens (tertiary/aromatic N) is 1. The number of nitrogens with two attached hydrogens (primary N) is 2. The van der Waals surface area contributed by atoms with Gasteiger partial charge in [-0.25, -0.2) is 0 Å². The summed E-state index contributed by atoms with van der Waals surface area (Å²) in [5.74, 6) is -0.309. The zero-order chi connectivity index (χ0) is 31.0. The number of hydrogen-bond donors (Lipinski definition) is 4. The number of aromatic nitrogens is 1. The molecule has 0 saturated heterocycles. The van der Waals surface area contributed by atoms with Gasteiger partial charge in [-0.2, -0.15) is 8.42 Å². The zero-order valence-corrected chi connectivity index (χ0v) is 24.6. The van der Waals surface area contributed by atoms with E-state index in [1.807, 2.05) is 41.8 Å². The summed E-state index contributed by atoms with van der Waals surface area (Å²) in [7, 11) is -4.10. The first kappa shape index (κ1) is 28.5. The number of aryl methyl sites for hydroxylation is 1. The van der Waals surface area contributed by atoms with Crippen LogP contribution in [0.3, 0.4) is 0 Å². The van der Waals surface area contributed by atoms with Crippen LogP contribution in [-0.4, -0.2) is 24.7 Å². The highest BCUT2D eigenvalue weighted by molar-refractivity contribution is 7.87. The number of carbonyl (C=O) groups excluding carboxylic acids is 1. The van der Waals surface area contributed by atoms with Crippen molar-refractivity contribution in [3.63, 3.8) is 0 Å². The predicted molar refractivity (Wildman–Crippen MR) is 174 cm³/mol. The van der Waals surface area contributed by atoms with Gasteiger partial charge in [0.2, 0.25) is 0 Å². The monoisotopic (exact) mass is 603 g/mol. The summed E-state index contributed by atoms with van der Waals surface area (Å²) < 4.78 is 33.8. The van der Waals surface area contributed by atoms with Crippen molar-refractivity contribution < 1.29 is 17.4 Å². The first-order valence-electron chi connectivity index (χ1n) is 13.7.